The predicted octanol–water partition coefficient (Wildman–Crippen LogP) is 0.218. The van der Waals surface area contributed by atoms with Gasteiger partial charge in [0, 0.05) is 11.9 Å². The van der Waals surface area contributed by atoms with Crippen LogP contribution in [0.3, 0.4) is 0 Å². The molecule has 0 saturated heterocycles. The minimum Gasteiger partial charge on any atom is -0.349 e. The molecule has 2 rings (SSSR count). The predicted molar refractivity (Wildman–Crippen MR) is 60.8 cm³/mol. The Morgan fingerprint density at radius 1 is 1.56 bits per heavy atom. The lowest BCUT2D eigenvalue weighted by molar-refractivity contribution is -0.119. The van der Waals surface area contributed by atoms with Crippen molar-refractivity contribution in [3.05, 3.63) is 35.8 Å². The number of pyridine rings is 1. The smallest absolute Gasteiger partial charge is 0.234 e. The number of aromatic nitrogens is 2. The molecule has 1 amide bonds. The van der Waals surface area contributed by atoms with Gasteiger partial charge in [0.25, 0.3) is 0 Å². The first kappa shape index (κ1) is 10.6. The van der Waals surface area contributed by atoms with E-state index in [4.69, 9.17) is 5.73 Å². The number of amides is 1. The Labute approximate surface area is 93.3 Å². The van der Waals surface area contributed by atoms with E-state index in [9.17, 15) is 4.79 Å². The maximum absolute atomic E-state index is 11.0. The first-order valence-electron chi connectivity index (χ1n) is 5.11. The Balaban J connectivity index is 2.20. The van der Waals surface area contributed by atoms with Gasteiger partial charge in [-0.05, 0) is 19.1 Å². The van der Waals surface area contributed by atoms with E-state index in [1.54, 1.807) is 0 Å². The molecule has 0 aromatic carbocycles. The van der Waals surface area contributed by atoms with Gasteiger partial charge in [0.1, 0.15) is 5.65 Å². The summed E-state index contributed by atoms with van der Waals surface area (Å²) in [7, 11) is 0. The molecule has 0 fully saturated rings. The third-order valence-corrected chi connectivity index (χ3v) is 2.40. The number of carbonyl (C=O) groups excluding carboxylic acids is 1. The zero-order chi connectivity index (χ0) is 11.5. The van der Waals surface area contributed by atoms with E-state index in [1.165, 1.54) is 0 Å². The standard InChI is InChI=1S/C11H14N4O/c1-8-3-2-4-10-14-9(7-15(8)10)6-13-11(16)5-12/h2-4,7H,5-6,12H2,1H3,(H,13,16). The Bertz CT molecular complexity index is 518. The highest BCUT2D eigenvalue weighted by molar-refractivity contribution is 5.77. The molecule has 0 bridgehead atoms. The highest BCUT2D eigenvalue weighted by atomic mass is 16.1. The molecule has 84 valence electrons. The molecular weight excluding hydrogens is 204 g/mol. The molecule has 5 heteroatoms. The number of nitrogens with one attached hydrogen (secondary N) is 1. The van der Waals surface area contributed by atoms with E-state index >= 15 is 0 Å². The van der Waals surface area contributed by atoms with Gasteiger partial charge >= 0.3 is 0 Å². The highest BCUT2D eigenvalue weighted by Gasteiger charge is 2.04. The van der Waals surface area contributed by atoms with Crippen LogP contribution in [0.1, 0.15) is 11.4 Å². The van der Waals surface area contributed by atoms with Crippen LogP contribution in [0.4, 0.5) is 0 Å². The molecule has 2 heterocycles. The zero-order valence-electron chi connectivity index (χ0n) is 9.10. The fourth-order valence-corrected chi connectivity index (χ4v) is 1.55. The molecule has 0 aliphatic heterocycles. The summed E-state index contributed by atoms with van der Waals surface area (Å²) < 4.78 is 1.99. The summed E-state index contributed by atoms with van der Waals surface area (Å²) in [6.45, 7) is 2.43. The lowest BCUT2D eigenvalue weighted by atomic mass is 10.4. The number of nitrogens with zero attached hydrogens (tertiary/aromatic N) is 2. The van der Waals surface area contributed by atoms with Gasteiger partial charge in [-0.2, -0.15) is 0 Å². The maximum atomic E-state index is 11.0. The second-order valence-electron chi connectivity index (χ2n) is 3.61. The van der Waals surface area contributed by atoms with Gasteiger partial charge in [-0.1, -0.05) is 6.07 Å². The molecule has 0 unspecified atom stereocenters. The third kappa shape index (κ3) is 2.04. The van der Waals surface area contributed by atoms with Gasteiger partial charge in [-0.3, -0.25) is 4.79 Å². The lowest BCUT2D eigenvalue weighted by Crippen LogP contribution is -2.29. The molecule has 0 atom stereocenters. The van der Waals surface area contributed by atoms with Gasteiger partial charge in [-0.25, -0.2) is 4.98 Å². The number of rotatable bonds is 3. The number of imidazole rings is 1. The molecule has 0 radical (unpaired) electrons. The van der Waals surface area contributed by atoms with Crippen LogP contribution >= 0.6 is 0 Å². The van der Waals surface area contributed by atoms with Gasteiger partial charge in [0.15, 0.2) is 0 Å². The van der Waals surface area contributed by atoms with Crippen molar-refractivity contribution in [1.29, 1.82) is 0 Å². The van der Waals surface area contributed by atoms with E-state index in [2.05, 4.69) is 10.3 Å². The molecule has 0 aliphatic carbocycles. The second-order valence-corrected chi connectivity index (χ2v) is 3.61. The Morgan fingerprint density at radius 3 is 3.06 bits per heavy atom. The average Bonchev–Trinajstić information content (AvgIpc) is 2.70. The number of aryl methyl sites for hydroxylation is 1. The van der Waals surface area contributed by atoms with Crippen LogP contribution in [0.15, 0.2) is 24.4 Å². The molecule has 3 N–H and O–H groups in total. The van der Waals surface area contributed by atoms with Crippen LogP contribution in [0, 0.1) is 6.92 Å². The molecule has 0 saturated carbocycles. The number of hydrogen-bond donors (Lipinski definition) is 2. The molecule has 5 nitrogen and oxygen atoms in total. The van der Waals surface area contributed by atoms with Crippen LogP contribution < -0.4 is 11.1 Å². The van der Waals surface area contributed by atoms with Crippen molar-refractivity contribution in [2.24, 2.45) is 5.73 Å². The van der Waals surface area contributed by atoms with Crippen LogP contribution in [0.5, 0.6) is 0 Å². The molecule has 16 heavy (non-hydrogen) atoms. The Hall–Kier alpha value is -1.88. The SMILES string of the molecule is Cc1cccc2nc(CNC(=O)CN)cn12. The molecular formula is C11H14N4O. The topological polar surface area (TPSA) is 72.4 Å². The quantitative estimate of drug-likeness (QED) is 0.774. The van der Waals surface area contributed by atoms with Crippen molar-refractivity contribution in [3.8, 4) is 0 Å². The normalized spacial score (nSPS) is 10.6. The summed E-state index contributed by atoms with van der Waals surface area (Å²) in [6, 6.07) is 5.90. The van der Waals surface area contributed by atoms with Crippen LogP contribution in [-0.2, 0) is 11.3 Å². The Morgan fingerprint density at radius 2 is 2.38 bits per heavy atom. The molecule has 0 spiro atoms. The summed E-state index contributed by atoms with van der Waals surface area (Å²) >= 11 is 0. The van der Waals surface area contributed by atoms with E-state index < -0.39 is 0 Å². The lowest BCUT2D eigenvalue weighted by Gasteiger charge is -1.98. The fourth-order valence-electron chi connectivity index (χ4n) is 1.55. The van der Waals surface area contributed by atoms with Crippen LogP contribution in [-0.4, -0.2) is 21.8 Å². The summed E-state index contributed by atoms with van der Waals surface area (Å²) in [4.78, 5) is 15.4. The van der Waals surface area contributed by atoms with Crippen molar-refractivity contribution in [3.63, 3.8) is 0 Å². The third-order valence-electron chi connectivity index (χ3n) is 2.40. The van der Waals surface area contributed by atoms with Crippen molar-refractivity contribution >= 4 is 11.6 Å². The Kier molecular flexibility index (Phi) is 2.87. The number of fused-ring (bicyclic) bond motifs is 1. The second kappa shape index (κ2) is 4.32. The van der Waals surface area contributed by atoms with Crippen molar-refractivity contribution < 1.29 is 4.79 Å². The summed E-state index contributed by atoms with van der Waals surface area (Å²) in [6.07, 6.45) is 1.92. The van der Waals surface area contributed by atoms with Gasteiger partial charge in [0.2, 0.25) is 5.91 Å². The minimum atomic E-state index is -0.172. The maximum Gasteiger partial charge on any atom is 0.234 e. The fraction of sp³-hybridized carbons (Fsp3) is 0.273. The van der Waals surface area contributed by atoms with Gasteiger partial charge in [-0.15, -0.1) is 0 Å². The first-order chi connectivity index (χ1) is 7.70. The average molecular weight is 218 g/mol. The molecule has 2 aromatic heterocycles. The first-order valence-corrected chi connectivity index (χ1v) is 5.11. The summed E-state index contributed by atoms with van der Waals surface area (Å²) in [5.41, 5.74) is 8.03. The molecule has 0 aliphatic rings. The van der Waals surface area contributed by atoms with Crippen molar-refractivity contribution in [1.82, 2.24) is 14.7 Å². The number of carbonyl (C=O) groups is 1. The van der Waals surface area contributed by atoms with Gasteiger partial charge in [0.05, 0.1) is 18.8 Å². The molecule has 2 aromatic rings. The number of hydrogen-bond acceptors (Lipinski definition) is 3. The zero-order valence-corrected chi connectivity index (χ0v) is 9.10. The van der Waals surface area contributed by atoms with E-state index in [-0.39, 0.29) is 12.5 Å². The van der Waals surface area contributed by atoms with Crippen molar-refractivity contribution in [2.75, 3.05) is 6.54 Å². The minimum absolute atomic E-state index is 0.00635. The van der Waals surface area contributed by atoms with Crippen molar-refractivity contribution in [2.45, 2.75) is 13.5 Å². The van der Waals surface area contributed by atoms with E-state index in [1.807, 2.05) is 35.7 Å². The van der Waals surface area contributed by atoms with E-state index in [0.29, 0.717) is 6.54 Å². The largest absolute Gasteiger partial charge is 0.349 e. The van der Waals surface area contributed by atoms with Crippen LogP contribution in [0.25, 0.3) is 5.65 Å². The number of nitrogens with two attached hydrogens (primary N) is 1. The summed E-state index contributed by atoms with van der Waals surface area (Å²) in [5, 5.41) is 2.69. The van der Waals surface area contributed by atoms with Gasteiger partial charge < -0.3 is 15.5 Å². The summed E-state index contributed by atoms with van der Waals surface area (Å²) in [5.74, 6) is -0.172. The van der Waals surface area contributed by atoms with Crippen LogP contribution in [0.2, 0.25) is 0 Å². The van der Waals surface area contributed by atoms with E-state index in [0.717, 1.165) is 17.0 Å². The monoisotopic (exact) mass is 218 g/mol. The highest BCUT2D eigenvalue weighted by Crippen LogP contribution is 2.07.